The molecule has 30 heavy (non-hydrogen) atoms. The minimum Gasteiger partial charge on any atom is -0.493 e. The minimum absolute atomic E-state index is 0.112. The molecule has 3 aromatic rings. The van der Waals surface area contributed by atoms with Gasteiger partial charge in [0.15, 0.2) is 0 Å². The summed E-state index contributed by atoms with van der Waals surface area (Å²) in [5, 5.41) is 1.49. The number of piperidine rings is 1. The van der Waals surface area contributed by atoms with Crippen LogP contribution in [0.25, 0.3) is 10.8 Å². The first-order valence-electron chi connectivity index (χ1n) is 10.0. The highest BCUT2D eigenvalue weighted by atomic mass is 19.4. The van der Waals surface area contributed by atoms with Crippen molar-refractivity contribution in [2.45, 2.75) is 25.6 Å². The molecule has 0 aliphatic carbocycles. The third-order valence-electron chi connectivity index (χ3n) is 5.63. The average Bonchev–Trinajstić information content (AvgIpc) is 2.73. The largest absolute Gasteiger partial charge is 0.493 e. The highest BCUT2D eigenvalue weighted by molar-refractivity contribution is 5.82. The van der Waals surface area contributed by atoms with Gasteiger partial charge in [-0.25, -0.2) is 0 Å². The van der Waals surface area contributed by atoms with E-state index in [0.29, 0.717) is 24.5 Å². The Bertz CT molecular complexity index is 1050. The van der Waals surface area contributed by atoms with E-state index in [0.717, 1.165) is 54.8 Å². The molecule has 1 aliphatic rings. The lowest BCUT2D eigenvalue weighted by atomic mass is 9.97. The average molecular weight is 416 g/mol. The fourth-order valence-electron chi connectivity index (χ4n) is 3.84. The predicted molar refractivity (Wildman–Crippen MR) is 110 cm³/mol. The molecule has 1 N–H and O–H groups in total. The molecule has 4 nitrogen and oxygen atoms in total. The van der Waals surface area contributed by atoms with Gasteiger partial charge in [0.25, 0.3) is 5.56 Å². The van der Waals surface area contributed by atoms with Gasteiger partial charge in [0.05, 0.1) is 12.2 Å². The molecule has 1 aliphatic heterocycles. The second-order valence-electron chi connectivity index (χ2n) is 7.78. The van der Waals surface area contributed by atoms with E-state index in [4.69, 9.17) is 4.74 Å². The Labute approximate surface area is 172 Å². The van der Waals surface area contributed by atoms with Gasteiger partial charge in [-0.15, -0.1) is 0 Å². The van der Waals surface area contributed by atoms with Crippen molar-refractivity contribution in [3.8, 4) is 5.75 Å². The van der Waals surface area contributed by atoms with Crippen LogP contribution in [0.15, 0.2) is 59.5 Å². The number of alkyl halides is 3. The molecule has 2 heterocycles. The minimum atomic E-state index is -4.29. The van der Waals surface area contributed by atoms with Gasteiger partial charge in [-0.05, 0) is 79.2 Å². The zero-order valence-corrected chi connectivity index (χ0v) is 16.4. The molecule has 0 radical (unpaired) electrons. The van der Waals surface area contributed by atoms with Gasteiger partial charge in [-0.3, -0.25) is 9.69 Å². The van der Waals surface area contributed by atoms with Crippen LogP contribution in [0, 0.1) is 5.92 Å². The topological polar surface area (TPSA) is 45.3 Å². The van der Waals surface area contributed by atoms with Crippen LogP contribution in [0.1, 0.15) is 24.0 Å². The van der Waals surface area contributed by atoms with Crippen molar-refractivity contribution in [2.75, 3.05) is 19.7 Å². The molecule has 0 unspecified atom stereocenters. The molecule has 158 valence electrons. The normalized spacial score (nSPS) is 16.1. The molecule has 0 amide bonds. The summed E-state index contributed by atoms with van der Waals surface area (Å²) in [4.78, 5) is 16.7. The fourth-order valence-corrected chi connectivity index (χ4v) is 3.84. The highest BCUT2D eigenvalue weighted by Gasteiger charge is 2.30. The summed E-state index contributed by atoms with van der Waals surface area (Å²) in [6.07, 6.45) is -0.708. The molecule has 4 rings (SSSR count). The van der Waals surface area contributed by atoms with Crippen molar-refractivity contribution in [1.82, 2.24) is 9.88 Å². The van der Waals surface area contributed by atoms with E-state index >= 15 is 0 Å². The molecular formula is C23H23F3N2O2. The second-order valence-corrected chi connectivity index (χ2v) is 7.78. The first-order valence-corrected chi connectivity index (χ1v) is 10.0. The lowest BCUT2D eigenvalue weighted by molar-refractivity contribution is -0.137. The van der Waals surface area contributed by atoms with Crippen molar-refractivity contribution in [1.29, 1.82) is 0 Å². The van der Waals surface area contributed by atoms with Gasteiger partial charge in [-0.2, -0.15) is 13.2 Å². The van der Waals surface area contributed by atoms with E-state index < -0.39 is 11.7 Å². The van der Waals surface area contributed by atoms with Gasteiger partial charge < -0.3 is 9.72 Å². The molecule has 1 fully saturated rings. The SMILES string of the molecule is O=c1[nH]ccc2cc(OCC3CCN(Cc4ccc(C(F)(F)F)cc4)CC3)ccc12. The molecule has 0 spiro atoms. The molecule has 0 bridgehead atoms. The van der Waals surface area contributed by atoms with Crippen molar-refractivity contribution in [3.63, 3.8) is 0 Å². The maximum Gasteiger partial charge on any atom is 0.416 e. The number of fused-ring (bicyclic) bond motifs is 1. The summed E-state index contributed by atoms with van der Waals surface area (Å²) in [5.74, 6) is 1.18. The number of H-pyrrole nitrogens is 1. The molecule has 7 heteroatoms. The van der Waals surface area contributed by atoms with Crippen molar-refractivity contribution in [3.05, 3.63) is 76.2 Å². The fraction of sp³-hybridized carbons (Fsp3) is 0.348. The van der Waals surface area contributed by atoms with E-state index in [1.807, 2.05) is 18.2 Å². The number of nitrogens with zero attached hydrogens (tertiary/aromatic N) is 1. The Morgan fingerprint density at radius 3 is 2.47 bits per heavy atom. The summed E-state index contributed by atoms with van der Waals surface area (Å²) in [6, 6.07) is 12.7. The third-order valence-corrected chi connectivity index (χ3v) is 5.63. The number of halogens is 3. The van der Waals surface area contributed by atoms with Gasteiger partial charge in [0.1, 0.15) is 5.75 Å². The molecule has 2 aromatic carbocycles. The van der Waals surface area contributed by atoms with E-state index in [-0.39, 0.29) is 5.56 Å². The van der Waals surface area contributed by atoms with E-state index in [9.17, 15) is 18.0 Å². The smallest absolute Gasteiger partial charge is 0.416 e. The number of aromatic amines is 1. The lowest BCUT2D eigenvalue weighted by Gasteiger charge is -2.32. The van der Waals surface area contributed by atoms with Gasteiger partial charge in [-0.1, -0.05) is 12.1 Å². The Hall–Kier alpha value is -2.80. The Morgan fingerprint density at radius 1 is 1.03 bits per heavy atom. The van der Waals surface area contributed by atoms with Crippen LogP contribution < -0.4 is 10.3 Å². The van der Waals surface area contributed by atoms with Crippen molar-refractivity contribution in [2.24, 2.45) is 5.92 Å². The summed E-state index contributed by atoms with van der Waals surface area (Å²) in [5.41, 5.74) is 0.170. The summed E-state index contributed by atoms with van der Waals surface area (Å²) in [7, 11) is 0. The Balaban J connectivity index is 1.26. The molecule has 0 saturated carbocycles. The van der Waals surface area contributed by atoms with Crippen LogP contribution in [0.5, 0.6) is 5.75 Å². The maximum absolute atomic E-state index is 12.7. The summed E-state index contributed by atoms with van der Waals surface area (Å²) in [6.45, 7) is 3.05. The maximum atomic E-state index is 12.7. The van der Waals surface area contributed by atoms with Crippen LogP contribution in [0.3, 0.4) is 0 Å². The molecule has 1 aromatic heterocycles. The first kappa shape index (κ1) is 20.5. The number of aromatic nitrogens is 1. The van der Waals surface area contributed by atoms with Crippen LogP contribution in [0.2, 0.25) is 0 Å². The zero-order chi connectivity index (χ0) is 21.1. The third kappa shape index (κ3) is 4.84. The number of benzene rings is 2. The number of nitrogens with one attached hydrogen (secondary N) is 1. The van der Waals surface area contributed by atoms with Crippen molar-refractivity contribution >= 4 is 10.8 Å². The van der Waals surface area contributed by atoms with Crippen LogP contribution in [-0.2, 0) is 12.7 Å². The monoisotopic (exact) mass is 416 g/mol. The quantitative estimate of drug-likeness (QED) is 0.648. The zero-order valence-electron chi connectivity index (χ0n) is 16.4. The van der Waals surface area contributed by atoms with Crippen LogP contribution >= 0.6 is 0 Å². The highest BCUT2D eigenvalue weighted by Crippen LogP contribution is 2.29. The molecule has 0 atom stereocenters. The van der Waals surface area contributed by atoms with Crippen LogP contribution in [-0.4, -0.2) is 29.6 Å². The number of ether oxygens (including phenoxy) is 1. The number of hydrogen-bond acceptors (Lipinski definition) is 3. The first-order chi connectivity index (χ1) is 14.4. The number of pyridine rings is 1. The number of rotatable bonds is 5. The Kier molecular flexibility index (Phi) is 5.81. The second kappa shape index (κ2) is 8.52. The number of hydrogen-bond donors (Lipinski definition) is 1. The van der Waals surface area contributed by atoms with Gasteiger partial charge in [0.2, 0.25) is 0 Å². The predicted octanol–water partition coefficient (Wildman–Crippen LogP) is 4.84. The molecular weight excluding hydrogens is 393 g/mol. The van der Waals surface area contributed by atoms with Gasteiger partial charge >= 0.3 is 6.18 Å². The lowest BCUT2D eigenvalue weighted by Crippen LogP contribution is -2.35. The van der Waals surface area contributed by atoms with Crippen molar-refractivity contribution < 1.29 is 17.9 Å². The number of likely N-dealkylation sites (tertiary alicyclic amines) is 1. The standard InChI is InChI=1S/C23H23F3N2O2/c24-23(25,26)19-3-1-16(2-4-19)14-28-11-8-17(9-12-28)15-30-20-5-6-21-18(13-20)7-10-27-22(21)29/h1-7,10,13,17H,8-9,11-12,14-15H2,(H,27,29). The van der Waals surface area contributed by atoms with E-state index in [1.54, 1.807) is 24.4 Å². The summed E-state index contributed by atoms with van der Waals surface area (Å²) < 4.78 is 44.0. The summed E-state index contributed by atoms with van der Waals surface area (Å²) >= 11 is 0. The Morgan fingerprint density at radius 2 is 1.77 bits per heavy atom. The van der Waals surface area contributed by atoms with Crippen LogP contribution in [0.4, 0.5) is 13.2 Å². The molecule has 1 saturated heterocycles. The van der Waals surface area contributed by atoms with E-state index in [2.05, 4.69) is 9.88 Å². The van der Waals surface area contributed by atoms with E-state index in [1.165, 1.54) is 0 Å². The van der Waals surface area contributed by atoms with Gasteiger partial charge in [0, 0.05) is 18.1 Å².